The highest BCUT2D eigenvalue weighted by Gasteiger charge is 2.34. The molecule has 1 aromatic rings. The van der Waals surface area contributed by atoms with E-state index in [0.717, 1.165) is 6.07 Å². The molecule has 2 nitrogen and oxygen atoms in total. The van der Waals surface area contributed by atoms with Crippen molar-refractivity contribution in [3.63, 3.8) is 0 Å². The molecule has 3 N–H and O–H groups in total. The smallest absolute Gasteiger partial charge is 0.389 e. The number of nitrogens with two attached hydrogens (primary N) is 1. The zero-order chi connectivity index (χ0) is 11.6. The Bertz CT molecular complexity index is 387. The molecule has 15 heavy (non-hydrogen) atoms. The van der Waals surface area contributed by atoms with Crippen LogP contribution in [-0.2, 0) is 6.18 Å². The van der Waals surface area contributed by atoms with Crippen LogP contribution in [0.4, 0.5) is 18.9 Å². The minimum Gasteiger partial charge on any atom is -0.389 e. The molecule has 1 aromatic carbocycles. The van der Waals surface area contributed by atoms with E-state index in [-0.39, 0.29) is 10.6 Å². The summed E-state index contributed by atoms with van der Waals surface area (Å²) in [4.78, 5) is -0.259. The number of nitrogens with one attached hydrogen (secondary N) is 1. The molecule has 0 spiro atoms. The summed E-state index contributed by atoms with van der Waals surface area (Å²) >= 11 is 4.56. The number of hydrogen-bond donors (Lipinski definition) is 2. The summed E-state index contributed by atoms with van der Waals surface area (Å²) < 4.78 is 37.7. The average molecular weight is 234 g/mol. The maximum atomic E-state index is 12.6. The quantitative estimate of drug-likeness (QED) is 0.771. The second kappa shape index (κ2) is 4.06. The summed E-state index contributed by atoms with van der Waals surface area (Å²) in [7, 11) is 1.54. The van der Waals surface area contributed by atoms with Gasteiger partial charge in [-0.3, -0.25) is 0 Å². The van der Waals surface area contributed by atoms with Gasteiger partial charge in [-0.1, -0.05) is 12.2 Å². The molecule has 0 unspecified atom stereocenters. The Morgan fingerprint density at radius 1 is 1.40 bits per heavy atom. The van der Waals surface area contributed by atoms with Crippen LogP contribution in [0.25, 0.3) is 0 Å². The van der Waals surface area contributed by atoms with E-state index in [9.17, 15) is 13.2 Å². The van der Waals surface area contributed by atoms with Crippen LogP contribution in [0.3, 0.4) is 0 Å². The molecule has 0 saturated carbocycles. The Labute approximate surface area is 90.3 Å². The van der Waals surface area contributed by atoms with E-state index in [0.29, 0.717) is 5.69 Å². The van der Waals surface area contributed by atoms with Gasteiger partial charge in [-0.2, -0.15) is 13.2 Å². The van der Waals surface area contributed by atoms with Gasteiger partial charge in [-0.15, -0.1) is 0 Å². The summed E-state index contributed by atoms with van der Waals surface area (Å²) in [5.74, 6) is 0. The molecule has 6 heteroatoms. The highest BCUT2D eigenvalue weighted by molar-refractivity contribution is 7.80. The molecule has 82 valence electrons. The first kappa shape index (κ1) is 11.8. The summed E-state index contributed by atoms with van der Waals surface area (Å²) in [5.41, 5.74) is 4.60. The van der Waals surface area contributed by atoms with Gasteiger partial charge in [0.1, 0.15) is 4.99 Å². The first-order valence-electron chi connectivity index (χ1n) is 4.05. The van der Waals surface area contributed by atoms with Crippen molar-refractivity contribution in [3.8, 4) is 0 Å². The Balaban J connectivity index is 3.36. The summed E-state index contributed by atoms with van der Waals surface area (Å²) in [6.45, 7) is 0. The first-order chi connectivity index (χ1) is 6.86. The van der Waals surface area contributed by atoms with Crippen LogP contribution in [0.15, 0.2) is 18.2 Å². The van der Waals surface area contributed by atoms with Crippen LogP contribution in [-0.4, -0.2) is 12.0 Å². The molecule has 0 atom stereocenters. The van der Waals surface area contributed by atoms with Gasteiger partial charge in [0.05, 0.1) is 5.56 Å². The number of halogens is 3. The van der Waals surface area contributed by atoms with Crippen molar-refractivity contribution in [2.45, 2.75) is 6.18 Å². The van der Waals surface area contributed by atoms with Crippen LogP contribution in [0.5, 0.6) is 0 Å². The lowest BCUT2D eigenvalue weighted by atomic mass is 10.1. The highest BCUT2D eigenvalue weighted by atomic mass is 32.1. The van der Waals surface area contributed by atoms with Crippen LogP contribution in [0.1, 0.15) is 11.1 Å². The molecular weight excluding hydrogens is 225 g/mol. The number of thiocarbonyl (C=S) groups is 1. The molecule has 1 rings (SSSR count). The van der Waals surface area contributed by atoms with E-state index in [1.807, 2.05) is 0 Å². The fourth-order valence-corrected chi connectivity index (χ4v) is 1.33. The summed E-state index contributed by atoms with van der Waals surface area (Å²) in [6, 6.07) is 3.73. The van der Waals surface area contributed by atoms with Gasteiger partial charge in [0.2, 0.25) is 0 Å². The summed E-state index contributed by atoms with van der Waals surface area (Å²) in [6.07, 6.45) is -4.45. The van der Waals surface area contributed by atoms with Crippen molar-refractivity contribution in [2.24, 2.45) is 5.73 Å². The third-order valence-electron chi connectivity index (χ3n) is 1.88. The second-order valence-corrected chi connectivity index (χ2v) is 3.31. The lowest BCUT2D eigenvalue weighted by Crippen LogP contribution is -2.18. The minimum atomic E-state index is -4.45. The molecule has 0 aromatic heterocycles. The molecule has 0 aliphatic heterocycles. The third-order valence-corrected chi connectivity index (χ3v) is 2.10. The third kappa shape index (κ3) is 2.59. The monoisotopic (exact) mass is 234 g/mol. The van der Waals surface area contributed by atoms with Crippen molar-refractivity contribution in [2.75, 3.05) is 12.4 Å². The molecular formula is C9H9F3N2S. The molecule has 0 heterocycles. The van der Waals surface area contributed by atoms with Crippen molar-refractivity contribution in [3.05, 3.63) is 29.3 Å². The zero-order valence-electron chi connectivity index (χ0n) is 7.85. The molecule has 0 amide bonds. The van der Waals surface area contributed by atoms with E-state index in [2.05, 4.69) is 17.5 Å². The lowest BCUT2D eigenvalue weighted by Gasteiger charge is -2.13. The Morgan fingerprint density at radius 2 is 2.00 bits per heavy atom. The maximum absolute atomic E-state index is 12.6. The number of alkyl halides is 3. The summed E-state index contributed by atoms with van der Waals surface area (Å²) in [5, 5.41) is 2.62. The number of anilines is 1. The molecule has 0 radical (unpaired) electrons. The van der Waals surface area contributed by atoms with Gasteiger partial charge < -0.3 is 11.1 Å². The molecule has 0 aliphatic carbocycles. The second-order valence-electron chi connectivity index (χ2n) is 2.87. The normalized spacial score (nSPS) is 11.2. The van der Waals surface area contributed by atoms with Gasteiger partial charge in [0.25, 0.3) is 0 Å². The SMILES string of the molecule is CNc1ccc(C(N)=S)c(C(F)(F)F)c1. The average Bonchev–Trinajstić information content (AvgIpc) is 2.15. The van der Waals surface area contributed by atoms with E-state index in [4.69, 9.17) is 5.73 Å². The fourth-order valence-electron chi connectivity index (χ4n) is 1.15. The zero-order valence-corrected chi connectivity index (χ0v) is 8.67. The lowest BCUT2D eigenvalue weighted by molar-refractivity contribution is -0.137. The molecule has 0 saturated heterocycles. The van der Waals surface area contributed by atoms with Crippen LogP contribution < -0.4 is 11.1 Å². The highest BCUT2D eigenvalue weighted by Crippen LogP contribution is 2.33. The van der Waals surface area contributed by atoms with Gasteiger partial charge in [0.15, 0.2) is 0 Å². The number of rotatable bonds is 2. The Kier molecular flexibility index (Phi) is 3.18. The van der Waals surface area contributed by atoms with E-state index in [1.54, 1.807) is 0 Å². The van der Waals surface area contributed by atoms with Crippen LogP contribution in [0, 0.1) is 0 Å². The van der Waals surface area contributed by atoms with Crippen molar-refractivity contribution in [1.82, 2.24) is 0 Å². The molecule has 0 fully saturated rings. The van der Waals surface area contributed by atoms with Crippen LogP contribution >= 0.6 is 12.2 Å². The standard InChI is InChI=1S/C9H9F3N2S/c1-14-5-2-3-6(8(13)15)7(4-5)9(10,11)12/h2-4,14H,1H3,(H2,13,15). The Morgan fingerprint density at radius 3 is 2.40 bits per heavy atom. The van der Waals surface area contributed by atoms with E-state index >= 15 is 0 Å². The number of hydrogen-bond acceptors (Lipinski definition) is 2. The van der Waals surface area contributed by atoms with Gasteiger partial charge in [-0.25, -0.2) is 0 Å². The molecule has 0 bridgehead atoms. The predicted molar refractivity (Wildman–Crippen MR) is 56.9 cm³/mol. The first-order valence-corrected chi connectivity index (χ1v) is 4.46. The minimum absolute atomic E-state index is 0.156. The van der Waals surface area contributed by atoms with Gasteiger partial charge >= 0.3 is 6.18 Å². The topological polar surface area (TPSA) is 38.0 Å². The maximum Gasteiger partial charge on any atom is 0.417 e. The van der Waals surface area contributed by atoms with Crippen LogP contribution in [0.2, 0.25) is 0 Å². The largest absolute Gasteiger partial charge is 0.417 e. The van der Waals surface area contributed by atoms with Gasteiger partial charge in [0, 0.05) is 18.3 Å². The van der Waals surface area contributed by atoms with Gasteiger partial charge in [-0.05, 0) is 18.2 Å². The number of benzene rings is 1. The Hall–Kier alpha value is -1.30. The van der Waals surface area contributed by atoms with E-state index in [1.165, 1.54) is 19.2 Å². The predicted octanol–water partition coefficient (Wildman–Crippen LogP) is 2.38. The van der Waals surface area contributed by atoms with Crippen molar-refractivity contribution in [1.29, 1.82) is 0 Å². The fraction of sp³-hybridized carbons (Fsp3) is 0.222. The van der Waals surface area contributed by atoms with Crippen molar-refractivity contribution >= 4 is 22.9 Å². The molecule has 0 aliphatic rings. The van der Waals surface area contributed by atoms with E-state index < -0.39 is 11.7 Å². The van der Waals surface area contributed by atoms with Crippen molar-refractivity contribution < 1.29 is 13.2 Å².